The fourth-order valence-corrected chi connectivity index (χ4v) is 1.19. The third-order valence-corrected chi connectivity index (χ3v) is 1.79. The first-order valence-electron chi connectivity index (χ1n) is 4.36. The molecule has 2 rings (SSSR count). The Kier molecular flexibility index (Phi) is 2.17. The number of anilines is 2. The van der Waals surface area contributed by atoms with Gasteiger partial charge in [0.2, 0.25) is 11.9 Å². The molecule has 4 N–H and O–H groups in total. The highest BCUT2D eigenvalue weighted by Crippen LogP contribution is 2.13. The van der Waals surface area contributed by atoms with Crippen molar-refractivity contribution in [3.63, 3.8) is 0 Å². The third-order valence-electron chi connectivity index (χ3n) is 1.79. The van der Waals surface area contributed by atoms with Gasteiger partial charge in [0.15, 0.2) is 5.82 Å². The van der Waals surface area contributed by atoms with Gasteiger partial charge in [0.25, 0.3) is 0 Å². The van der Waals surface area contributed by atoms with E-state index in [1.54, 1.807) is 6.07 Å². The molecule has 0 bridgehead atoms. The summed E-state index contributed by atoms with van der Waals surface area (Å²) in [5, 5.41) is 0. The van der Waals surface area contributed by atoms with Crippen LogP contribution in [0.2, 0.25) is 0 Å². The minimum Gasteiger partial charge on any atom is -0.368 e. The highest BCUT2D eigenvalue weighted by atomic mass is 15.1. The SMILES string of the molecule is Cc1cccc(-c2nc(N)nc(N)n2)n1. The zero-order valence-corrected chi connectivity index (χ0v) is 8.18. The largest absolute Gasteiger partial charge is 0.368 e. The van der Waals surface area contributed by atoms with Crippen LogP contribution in [-0.4, -0.2) is 19.9 Å². The van der Waals surface area contributed by atoms with Gasteiger partial charge in [-0.15, -0.1) is 0 Å². The predicted octanol–water partition coefficient (Wildman–Crippen LogP) is 0.406. The van der Waals surface area contributed by atoms with Crippen LogP contribution in [0.15, 0.2) is 18.2 Å². The van der Waals surface area contributed by atoms with Crippen LogP contribution in [0.5, 0.6) is 0 Å². The molecular weight excluding hydrogens is 192 g/mol. The second-order valence-corrected chi connectivity index (χ2v) is 3.04. The van der Waals surface area contributed by atoms with Gasteiger partial charge in [-0.25, -0.2) is 4.98 Å². The number of nitrogens with zero attached hydrogens (tertiary/aromatic N) is 4. The van der Waals surface area contributed by atoms with Crippen LogP contribution in [-0.2, 0) is 0 Å². The number of aryl methyl sites for hydroxylation is 1. The molecule has 0 saturated heterocycles. The third kappa shape index (κ3) is 1.98. The van der Waals surface area contributed by atoms with Crippen molar-refractivity contribution in [2.75, 3.05) is 11.5 Å². The molecule has 76 valence electrons. The molecule has 0 aliphatic rings. The second kappa shape index (κ2) is 3.49. The van der Waals surface area contributed by atoms with Gasteiger partial charge in [-0.1, -0.05) is 6.07 Å². The van der Waals surface area contributed by atoms with Crippen molar-refractivity contribution in [2.24, 2.45) is 0 Å². The molecule has 6 nitrogen and oxygen atoms in total. The summed E-state index contributed by atoms with van der Waals surface area (Å²) in [7, 11) is 0. The average molecular weight is 202 g/mol. The summed E-state index contributed by atoms with van der Waals surface area (Å²) < 4.78 is 0. The van der Waals surface area contributed by atoms with E-state index in [1.165, 1.54) is 0 Å². The summed E-state index contributed by atoms with van der Waals surface area (Å²) in [4.78, 5) is 15.9. The molecule has 2 aromatic heterocycles. The summed E-state index contributed by atoms with van der Waals surface area (Å²) in [5.41, 5.74) is 12.4. The molecule has 2 aromatic rings. The molecule has 0 radical (unpaired) electrons. The van der Waals surface area contributed by atoms with Crippen LogP contribution in [0.3, 0.4) is 0 Å². The van der Waals surface area contributed by atoms with Crippen molar-refractivity contribution < 1.29 is 0 Å². The van der Waals surface area contributed by atoms with Crippen LogP contribution in [0, 0.1) is 6.92 Å². The molecule has 0 aromatic carbocycles. The lowest BCUT2D eigenvalue weighted by Crippen LogP contribution is -2.05. The summed E-state index contributed by atoms with van der Waals surface area (Å²) in [6, 6.07) is 5.55. The Bertz CT molecular complexity index is 475. The van der Waals surface area contributed by atoms with E-state index in [0.717, 1.165) is 5.69 Å². The van der Waals surface area contributed by atoms with E-state index < -0.39 is 0 Å². The quantitative estimate of drug-likeness (QED) is 0.694. The standard InChI is InChI=1S/C9H10N6/c1-5-3-2-4-6(12-5)7-13-8(10)15-9(11)14-7/h2-4H,1H3,(H4,10,11,13,14,15). The van der Waals surface area contributed by atoms with E-state index in [0.29, 0.717) is 11.5 Å². The van der Waals surface area contributed by atoms with E-state index >= 15 is 0 Å². The average Bonchev–Trinajstić information content (AvgIpc) is 2.16. The maximum Gasteiger partial charge on any atom is 0.225 e. The van der Waals surface area contributed by atoms with Crippen LogP contribution >= 0.6 is 0 Å². The first kappa shape index (κ1) is 9.32. The van der Waals surface area contributed by atoms with Gasteiger partial charge in [-0.2, -0.15) is 15.0 Å². The summed E-state index contributed by atoms with van der Waals surface area (Å²) >= 11 is 0. The molecule has 2 heterocycles. The molecule has 0 atom stereocenters. The zero-order chi connectivity index (χ0) is 10.8. The van der Waals surface area contributed by atoms with Crippen LogP contribution < -0.4 is 11.5 Å². The first-order chi connectivity index (χ1) is 7.15. The van der Waals surface area contributed by atoms with Gasteiger partial charge >= 0.3 is 0 Å². The number of hydrogen-bond acceptors (Lipinski definition) is 6. The minimum absolute atomic E-state index is 0.0980. The molecule has 0 saturated carbocycles. The highest BCUT2D eigenvalue weighted by molar-refractivity contribution is 5.52. The van der Waals surface area contributed by atoms with E-state index in [2.05, 4.69) is 19.9 Å². The Balaban J connectivity index is 2.54. The van der Waals surface area contributed by atoms with Crippen molar-refractivity contribution in [2.45, 2.75) is 6.92 Å². The Labute approximate surface area is 86.4 Å². The zero-order valence-electron chi connectivity index (χ0n) is 8.18. The van der Waals surface area contributed by atoms with Gasteiger partial charge in [-0.3, -0.25) is 0 Å². The number of pyridine rings is 1. The Morgan fingerprint density at radius 2 is 1.60 bits per heavy atom. The Morgan fingerprint density at radius 1 is 0.933 bits per heavy atom. The lowest BCUT2D eigenvalue weighted by Gasteiger charge is -2.01. The smallest absolute Gasteiger partial charge is 0.225 e. The molecular formula is C9H10N6. The maximum atomic E-state index is 5.46. The number of aromatic nitrogens is 4. The van der Waals surface area contributed by atoms with Crippen molar-refractivity contribution in [1.29, 1.82) is 0 Å². The van der Waals surface area contributed by atoms with Crippen LogP contribution in [0.4, 0.5) is 11.9 Å². The fourth-order valence-electron chi connectivity index (χ4n) is 1.19. The van der Waals surface area contributed by atoms with Crippen LogP contribution in [0.25, 0.3) is 11.5 Å². The second-order valence-electron chi connectivity index (χ2n) is 3.04. The first-order valence-corrected chi connectivity index (χ1v) is 4.36. The topological polar surface area (TPSA) is 104 Å². The Morgan fingerprint density at radius 3 is 2.20 bits per heavy atom. The van der Waals surface area contributed by atoms with Crippen molar-refractivity contribution in [3.8, 4) is 11.5 Å². The normalized spacial score (nSPS) is 10.2. The van der Waals surface area contributed by atoms with E-state index in [-0.39, 0.29) is 11.9 Å². The maximum absolute atomic E-state index is 5.46. The number of nitrogens with two attached hydrogens (primary N) is 2. The van der Waals surface area contributed by atoms with Crippen molar-refractivity contribution in [3.05, 3.63) is 23.9 Å². The molecule has 0 amide bonds. The number of nitrogen functional groups attached to an aromatic ring is 2. The lowest BCUT2D eigenvalue weighted by atomic mass is 10.3. The molecule has 0 unspecified atom stereocenters. The fraction of sp³-hybridized carbons (Fsp3) is 0.111. The van der Waals surface area contributed by atoms with Crippen molar-refractivity contribution in [1.82, 2.24) is 19.9 Å². The molecule has 0 aliphatic heterocycles. The van der Waals surface area contributed by atoms with Crippen LogP contribution in [0.1, 0.15) is 5.69 Å². The van der Waals surface area contributed by atoms with Crippen molar-refractivity contribution >= 4 is 11.9 Å². The van der Waals surface area contributed by atoms with Gasteiger partial charge in [0.05, 0.1) is 0 Å². The predicted molar refractivity (Wildman–Crippen MR) is 56.6 cm³/mol. The molecule has 6 heteroatoms. The van der Waals surface area contributed by atoms with E-state index in [1.807, 2.05) is 19.1 Å². The summed E-state index contributed by atoms with van der Waals surface area (Å²) in [6.45, 7) is 1.89. The monoisotopic (exact) mass is 202 g/mol. The van der Waals surface area contributed by atoms with Gasteiger partial charge in [0.1, 0.15) is 5.69 Å². The van der Waals surface area contributed by atoms with E-state index in [4.69, 9.17) is 11.5 Å². The minimum atomic E-state index is 0.0980. The summed E-state index contributed by atoms with van der Waals surface area (Å²) in [6.07, 6.45) is 0. The van der Waals surface area contributed by atoms with Gasteiger partial charge < -0.3 is 11.5 Å². The number of rotatable bonds is 1. The number of hydrogen-bond donors (Lipinski definition) is 2. The molecule has 0 fully saturated rings. The van der Waals surface area contributed by atoms with Gasteiger partial charge in [-0.05, 0) is 19.1 Å². The molecule has 0 aliphatic carbocycles. The lowest BCUT2D eigenvalue weighted by molar-refractivity contribution is 1.06. The molecule has 0 spiro atoms. The molecule has 15 heavy (non-hydrogen) atoms. The summed E-state index contributed by atoms with van der Waals surface area (Å²) in [5.74, 6) is 0.588. The Hall–Kier alpha value is -2.24. The van der Waals surface area contributed by atoms with Gasteiger partial charge in [0, 0.05) is 5.69 Å². The van der Waals surface area contributed by atoms with E-state index in [9.17, 15) is 0 Å². The highest BCUT2D eigenvalue weighted by Gasteiger charge is 2.05.